The van der Waals surface area contributed by atoms with Crippen molar-refractivity contribution in [3.8, 4) is 33.4 Å². The highest BCUT2D eigenvalue weighted by Gasteiger charge is 2.20. The SMILES string of the molecule is c1ccc(-c2cccc3c2oc2ccc(-c4ccc(N(c5ccc(-c6cccc7sc8ccccc8c67)cc5)c5cccc6sc7ccccc7c56)cc4)cc23)cc1. The minimum atomic E-state index is 0.896. The molecule has 0 saturated heterocycles. The lowest BCUT2D eigenvalue weighted by Gasteiger charge is -2.27. The van der Waals surface area contributed by atoms with Crippen LogP contribution in [0.5, 0.6) is 0 Å². The average Bonchev–Trinajstić information content (AvgIpc) is 3.99. The molecule has 0 spiro atoms. The molecule has 4 heteroatoms. The summed E-state index contributed by atoms with van der Waals surface area (Å²) >= 11 is 3.72. The second kappa shape index (κ2) is 13.3. The third kappa shape index (κ3) is 5.30. The molecule has 3 heterocycles. The summed E-state index contributed by atoms with van der Waals surface area (Å²) in [6.07, 6.45) is 0. The second-order valence-electron chi connectivity index (χ2n) is 14.8. The molecule has 9 aromatic carbocycles. The van der Waals surface area contributed by atoms with Crippen LogP contribution in [0.15, 0.2) is 205 Å². The molecular formula is C54H33NOS2. The summed E-state index contributed by atoms with van der Waals surface area (Å²) in [7, 11) is 0. The number of furan rings is 1. The van der Waals surface area contributed by atoms with Gasteiger partial charge in [0.05, 0.1) is 5.69 Å². The predicted octanol–water partition coefficient (Wildman–Crippen LogP) is 16.8. The van der Waals surface area contributed by atoms with Crippen LogP contribution in [0.4, 0.5) is 17.1 Å². The maximum absolute atomic E-state index is 6.50. The van der Waals surface area contributed by atoms with E-state index in [4.69, 9.17) is 4.42 Å². The summed E-state index contributed by atoms with van der Waals surface area (Å²) in [4.78, 5) is 2.42. The number of rotatable bonds is 6. The van der Waals surface area contributed by atoms with E-state index in [2.05, 4.69) is 199 Å². The van der Waals surface area contributed by atoms with E-state index in [0.717, 1.165) is 55.6 Å². The number of hydrogen-bond donors (Lipinski definition) is 0. The van der Waals surface area contributed by atoms with E-state index in [9.17, 15) is 0 Å². The fraction of sp³-hybridized carbons (Fsp3) is 0. The van der Waals surface area contributed by atoms with Crippen LogP contribution in [0, 0.1) is 0 Å². The van der Waals surface area contributed by atoms with Crippen molar-refractivity contribution < 1.29 is 4.42 Å². The second-order valence-corrected chi connectivity index (χ2v) is 17.0. The van der Waals surface area contributed by atoms with Crippen LogP contribution in [0.3, 0.4) is 0 Å². The molecule has 0 aliphatic heterocycles. The van der Waals surface area contributed by atoms with Gasteiger partial charge in [-0.2, -0.15) is 0 Å². The van der Waals surface area contributed by atoms with Crippen LogP contribution in [-0.4, -0.2) is 0 Å². The van der Waals surface area contributed by atoms with Crippen LogP contribution in [-0.2, 0) is 0 Å². The fourth-order valence-corrected chi connectivity index (χ4v) is 11.1. The van der Waals surface area contributed by atoms with Gasteiger partial charge in [0.2, 0.25) is 0 Å². The van der Waals surface area contributed by atoms with Crippen molar-refractivity contribution in [1.29, 1.82) is 0 Å². The van der Waals surface area contributed by atoms with Crippen LogP contribution in [0.2, 0.25) is 0 Å². The lowest BCUT2D eigenvalue weighted by Crippen LogP contribution is -2.10. The highest BCUT2D eigenvalue weighted by Crippen LogP contribution is 2.46. The Morgan fingerprint density at radius 1 is 0.345 bits per heavy atom. The van der Waals surface area contributed by atoms with Gasteiger partial charge in [0.15, 0.2) is 0 Å². The maximum atomic E-state index is 6.50. The van der Waals surface area contributed by atoms with E-state index in [0.29, 0.717) is 0 Å². The molecule has 0 fully saturated rings. The van der Waals surface area contributed by atoms with Gasteiger partial charge in [0.25, 0.3) is 0 Å². The molecule has 0 bridgehead atoms. The molecule has 0 amide bonds. The first-order valence-corrected chi connectivity index (χ1v) is 21.2. The molecular weight excluding hydrogens is 743 g/mol. The van der Waals surface area contributed by atoms with Gasteiger partial charge in [-0.1, -0.05) is 133 Å². The van der Waals surface area contributed by atoms with E-state index in [-0.39, 0.29) is 0 Å². The third-order valence-corrected chi connectivity index (χ3v) is 13.8. The van der Waals surface area contributed by atoms with Crippen LogP contribution in [0.1, 0.15) is 0 Å². The first kappa shape index (κ1) is 33.2. The molecule has 58 heavy (non-hydrogen) atoms. The molecule has 2 nitrogen and oxygen atoms in total. The smallest absolute Gasteiger partial charge is 0.143 e. The minimum absolute atomic E-state index is 0.896. The molecule has 0 unspecified atom stereocenters. The minimum Gasteiger partial charge on any atom is -0.455 e. The summed E-state index contributed by atoms with van der Waals surface area (Å²) in [6.45, 7) is 0. The van der Waals surface area contributed by atoms with Crippen LogP contribution >= 0.6 is 22.7 Å². The summed E-state index contributed by atoms with van der Waals surface area (Å²) < 4.78 is 11.7. The Balaban J connectivity index is 0.975. The summed E-state index contributed by atoms with van der Waals surface area (Å²) in [6, 6.07) is 72.6. The monoisotopic (exact) mass is 775 g/mol. The van der Waals surface area contributed by atoms with Crippen molar-refractivity contribution in [3.63, 3.8) is 0 Å². The van der Waals surface area contributed by atoms with Crippen molar-refractivity contribution in [1.82, 2.24) is 0 Å². The highest BCUT2D eigenvalue weighted by atomic mass is 32.1. The Morgan fingerprint density at radius 2 is 0.879 bits per heavy atom. The lowest BCUT2D eigenvalue weighted by molar-refractivity contribution is 0.670. The highest BCUT2D eigenvalue weighted by molar-refractivity contribution is 7.26. The number of benzene rings is 9. The maximum Gasteiger partial charge on any atom is 0.143 e. The van der Waals surface area contributed by atoms with Gasteiger partial charge in [0, 0.05) is 68.1 Å². The Morgan fingerprint density at radius 3 is 1.62 bits per heavy atom. The van der Waals surface area contributed by atoms with Gasteiger partial charge >= 0.3 is 0 Å². The normalized spacial score (nSPS) is 11.8. The van der Waals surface area contributed by atoms with Crippen LogP contribution < -0.4 is 4.90 Å². The molecule has 0 radical (unpaired) electrons. The molecule has 12 aromatic rings. The van der Waals surface area contributed by atoms with Gasteiger partial charge in [-0.05, 0) is 94.5 Å². The quantitative estimate of drug-likeness (QED) is 0.167. The summed E-state index contributed by atoms with van der Waals surface area (Å²) in [5, 5.41) is 7.46. The molecule has 0 N–H and O–H groups in total. The fourth-order valence-electron chi connectivity index (χ4n) is 8.80. The van der Waals surface area contributed by atoms with E-state index < -0.39 is 0 Å². The van der Waals surface area contributed by atoms with E-state index >= 15 is 0 Å². The topological polar surface area (TPSA) is 16.4 Å². The predicted molar refractivity (Wildman–Crippen MR) is 250 cm³/mol. The van der Waals surface area contributed by atoms with Crippen molar-refractivity contribution in [2.24, 2.45) is 0 Å². The number of nitrogens with zero attached hydrogens (tertiary/aromatic N) is 1. The van der Waals surface area contributed by atoms with Gasteiger partial charge in [0.1, 0.15) is 11.2 Å². The number of thiophene rings is 2. The largest absolute Gasteiger partial charge is 0.455 e. The molecule has 0 atom stereocenters. The Hall–Kier alpha value is -6.98. The van der Waals surface area contributed by atoms with Gasteiger partial charge in [-0.25, -0.2) is 0 Å². The zero-order valence-corrected chi connectivity index (χ0v) is 32.9. The molecule has 3 aromatic heterocycles. The number of anilines is 3. The standard InChI is InChI=1S/C54H33NOS2/c1-2-11-35(12-3-1)41-16-8-17-42-45-33-37(27-32-47(45)56-54(41)42)34-23-28-38(29-24-34)55(46-18-10-22-51-53(46)44-14-5-7-20-49(44)58-51)39-30-25-36(26-31-39)40-15-9-21-50-52(40)43-13-4-6-19-48(43)57-50/h1-33H. The van der Waals surface area contributed by atoms with Gasteiger partial charge < -0.3 is 9.32 Å². The first-order chi connectivity index (χ1) is 28.7. The van der Waals surface area contributed by atoms with Gasteiger partial charge in [-0.3, -0.25) is 0 Å². The van der Waals surface area contributed by atoms with Crippen molar-refractivity contribution >= 4 is 102 Å². The van der Waals surface area contributed by atoms with Crippen LogP contribution in [0.25, 0.3) is 95.7 Å². The Bertz CT molecular complexity index is 3500. The summed E-state index contributed by atoms with van der Waals surface area (Å²) in [5.74, 6) is 0. The van der Waals surface area contributed by atoms with Crippen molar-refractivity contribution in [2.45, 2.75) is 0 Å². The summed E-state index contributed by atoms with van der Waals surface area (Å²) in [5.41, 5.74) is 12.3. The number of para-hydroxylation sites is 1. The number of hydrogen-bond acceptors (Lipinski definition) is 4. The zero-order chi connectivity index (χ0) is 38.2. The third-order valence-electron chi connectivity index (χ3n) is 11.5. The molecule has 0 saturated carbocycles. The Labute approximate surface area is 343 Å². The van der Waals surface area contributed by atoms with E-state index in [1.165, 1.54) is 57.2 Å². The molecule has 0 aliphatic rings. The van der Waals surface area contributed by atoms with Gasteiger partial charge in [-0.15, -0.1) is 22.7 Å². The Kier molecular flexibility index (Phi) is 7.62. The average molecular weight is 776 g/mol. The lowest BCUT2D eigenvalue weighted by atomic mass is 9.98. The zero-order valence-electron chi connectivity index (χ0n) is 31.2. The first-order valence-electron chi connectivity index (χ1n) is 19.6. The molecule has 272 valence electrons. The van der Waals surface area contributed by atoms with E-state index in [1.807, 2.05) is 28.7 Å². The van der Waals surface area contributed by atoms with Crippen molar-refractivity contribution in [2.75, 3.05) is 4.90 Å². The molecule has 12 rings (SSSR count). The van der Waals surface area contributed by atoms with Crippen molar-refractivity contribution in [3.05, 3.63) is 200 Å². The number of fused-ring (bicyclic) bond motifs is 9. The van der Waals surface area contributed by atoms with E-state index in [1.54, 1.807) is 0 Å². The molecule has 0 aliphatic carbocycles.